The van der Waals surface area contributed by atoms with Crippen molar-refractivity contribution in [3.63, 3.8) is 0 Å². The zero-order valence-corrected chi connectivity index (χ0v) is 17.5. The summed E-state index contributed by atoms with van der Waals surface area (Å²) < 4.78 is 11.6. The highest BCUT2D eigenvalue weighted by Gasteiger charge is 2.13. The maximum absolute atomic E-state index is 12.8. The van der Waals surface area contributed by atoms with E-state index in [9.17, 15) is 4.79 Å². The van der Waals surface area contributed by atoms with Gasteiger partial charge in [-0.2, -0.15) is 0 Å². The van der Waals surface area contributed by atoms with Gasteiger partial charge in [0.05, 0.1) is 6.61 Å². The molecule has 5 heteroatoms. The third-order valence-corrected chi connectivity index (χ3v) is 4.94. The number of anilines is 1. The second kappa shape index (κ2) is 9.48. The van der Waals surface area contributed by atoms with Gasteiger partial charge in [0.2, 0.25) is 0 Å². The quantitative estimate of drug-likeness (QED) is 0.506. The number of benzene rings is 3. The number of hydrogen-bond acceptors (Lipinski definition) is 3. The van der Waals surface area contributed by atoms with Crippen LogP contribution in [0.15, 0.2) is 60.7 Å². The molecular formula is C24H24ClNO3. The number of halogens is 1. The van der Waals surface area contributed by atoms with Crippen LogP contribution < -0.4 is 14.8 Å². The van der Waals surface area contributed by atoms with E-state index < -0.39 is 0 Å². The van der Waals surface area contributed by atoms with Crippen LogP contribution in [-0.4, -0.2) is 12.5 Å². The highest BCUT2D eigenvalue weighted by Crippen LogP contribution is 2.25. The fourth-order valence-electron chi connectivity index (χ4n) is 2.90. The summed E-state index contributed by atoms with van der Waals surface area (Å²) in [6, 6.07) is 18.4. The minimum absolute atomic E-state index is 0.172. The number of carbonyl (C=O) groups is 1. The van der Waals surface area contributed by atoms with Crippen LogP contribution in [0.25, 0.3) is 0 Å². The average molecular weight is 410 g/mol. The van der Waals surface area contributed by atoms with E-state index in [0.29, 0.717) is 28.7 Å². The lowest BCUT2D eigenvalue weighted by Gasteiger charge is -2.14. The topological polar surface area (TPSA) is 47.6 Å². The first-order valence-corrected chi connectivity index (χ1v) is 9.87. The van der Waals surface area contributed by atoms with Crippen LogP contribution in [0.2, 0.25) is 5.02 Å². The van der Waals surface area contributed by atoms with Gasteiger partial charge in [0.25, 0.3) is 5.91 Å². The van der Waals surface area contributed by atoms with Crippen molar-refractivity contribution < 1.29 is 14.3 Å². The van der Waals surface area contributed by atoms with Crippen LogP contribution in [0.1, 0.15) is 34.0 Å². The van der Waals surface area contributed by atoms with E-state index in [0.717, 1.165) is 22.4 Å². The third-order valence-electron chi connectivity index (χ3n) is 4.68. The van der Waals surface area contributed by atoms with E-state index in [2.05, 4.69) is 5.32 Å². The van der Waals surface area contributed by atoms with E-state index >= 15 is 0 Å². The molecule has 0 heterocycles. The van der Waals surface area contributed by atoms with Crippen molar-refractivity contribution in [3.8, 4) is 11.5 Å². The van der Waals surface area contributed by atoms with E-state index in [1.165, 1.54) is 0 Å². The summed E-state index contributed by atoms with van der Waals surface area (Å²) in [4.78, 5) is 12.8. The van der Waals surface area contributed by atoms with Gasteiger partial charge in [0.15, 0.2) is 0 Å². The minimum atomic E-state index is -0.172. The number of aryl methyl sites for hydroxylation is 1. The van der Waals surface area contributed by atoms with Crippen LogP contribution >= 0.6 is 11.6 Å². The van der Waals surface area contributed by atoms with E-state index in [1.54, 1.807) is 36.4 Å². The molecular weight excluding hydrogens is 386 g/mol. The van der Waals surface area contributed by atoms with Gasteiger partial charge in [-0.1, -0.05) is 23.7 Å². The summed E-state index contributed by atoms with van der Waals surface area (Å²) >= 11 is 5.92. The summed E-state index contributed by atoms with van der Waals surface area (Å²) in [7, 11) is 0. The summed E-state index contributed by atoms with van der Waals surface area (Å²) in [5.41, 5.74) is 4.34. The molecule has 1 amide bonds. The van der Waals surface area contributed by atoms with Crippen LogP contribution in [0.4, 0.5) is 5.69 Å². The first kappa shape index (κ1) is 20.7. The molecule has 0 saturated carbocycles. The molecule has 3 aromatic rings. The van der Waals surface area contributed by atoms with Crippen molar-refractivity contribution in [2.45, 2.75) is 27.4 Å². The van der Waals surface area contributed by atoms with Gasteiger partial charge in [-0.05, 0) is 80.4 Å². The number of hydrogen-bond donors (Lipinski definition) is 1. The summed E-state index contributed by atoms with van der Waals surface area (Å²) in [5.74, 6) is 1.22. The molecule has 1 N–H and O–H groups in total. The molecule has 0 atom stereocenters. The van der Waals surface area contributed by atoms with Crippen molar-refractivity contribution in [1.29, 1.82) is 0 Å². The summed E-state index contributed by atoms with van der Waals surface area (Å²) in [5, 5.41) is 3.64. The molecule has 0 spiro atoms. The highest BCUT2D eigenvalue weighted by molar-refractivity contribution is 6.30. The van der Waals surface area contributed by atoms with Crippen molar-refractivity contribution in [1.82, 2.24) is 0 Å². The number of nitrogens with one attached hydrogen (secondary N) is 1. The van der Waals surface area contributed by atoms with Gasteiger partial charge < -0.3 is 14.8 Å². The van der Waals surface area contributed by atoms with Crippen molar-refractivity contribution in [2.24, 2.45) is 0 Å². The number of amides is 1. The fraction of sp³-hybridized carbons (Fsp3) is 0.208. The predicted molar refractivity (Wildman–Crippen MR) is 117 cm³/mol. The molecule has 3 aromatic carbocycles. The van der Waals surface area contributed by atoms with Crippen LogP contribution in [-0.2, 0) is 6.61 Å². The van der Waals surface area contributed by atoms with E-state index in [4.69, 9.17) is 21.1 Å². The largest absolute Gasteiger partial charge is 0.493 e. The summed E-state index contributed by atoms with van der Waals surface area (Å²) in [6.45, 7) is 6.75. The van der Waals surface area contributed by atoms with Crippen molar-refractivity contribution in [3.05, 3.63) is 87.9 Å². The highest BCUT2D eigenvalue weighted by atomic mass is 35.5. The molecule has 0 saturated heterocycles. The lowest BCUT2D eigenvalue weighted by atomic mass is 10.1. The molecule has 0 fully saturated rings. The van der Waals surface area contributed by atoms with Gasteiger partial charge in [-0.25, -0.2) is 0 Å². The van der Waals surface area contributed by atoms with Gasteiger partial charge in [-0.15, -0.1) is 0 Å². The molecule has 150 valence electrons. The minimum Gasteiger partial charge on any atom is -0.493 e. The number of rotatable bonds is 7. The first-order valence-electron chi connectivity index (χ1n) is 9.49. The molecule has 0 unspecified atom stereocenters. The van der Waals surface area contributed by atoms with Gasteiger partial charge in [0, 0.05) is 21.8 Å². The second-order valence-corrected chi connectivity index (χ2v) is 7.14. The molecule has 0 aliphatic rings. The first-order chi connectivity index (χ1) is 14.0. The maximum atomic E-state index is 12.8. The molecule has 0 aromatic heterocycles. The second-order valence-electron chi connectivity index (χ2n) is 6.70. The molecule has 3 rings (SSSR count). The monoisotopic (exact) mass is 409 g/mol. The van der Waals surface area contributed by atoms with Gasteiger partial charge in [0.1, 0.15) is 18.1 Å². The molecule has 0 aliphatic carbocycles. The Labute approximate surface area is 176 Å². The lowest BCUT2D eigenvalue weighted by molar-refractivity contribution is 0.102. The zero-order valence-electron chi connectivity index (χ0n) is 16.8. The molecule has 4 nitrogen and oxygen atoms in total. The van der Waals surface area contributed by atoms with Gasteiger partial charge >= 0.3 is 0 Å². The Bertz CT molecular complexity index is 1000. The Morgan fingerprint density at radius 2 is 1.76 bits per heavy atom. The maximum Gasteiger partial charge on any atom is 0.255 e. The Morgan fingerprint density at radius 3 is 2.48 bits per heavy atom. The molecule has 0 radical (unpaired) electrons. The number of ether oxygens (including phenoxy) is 2. The Hall–Kier alpha value is -2.98. The Morgan fingerprint density at radius 1 is 1.00 bits per heavy atom. The molecule has 0 bridgehead atoms. The van der Waals surface area contributed by atoms with Gasteiger partial charge in [-0.3, -0.25) is 4.79 Å². The number of carbonyl (C=O) groups excluding carboxylic acids is 1. The standard InChI is InChI=1S/C24H24ClNO3/c1-4-28-23-13-8-18(24(27)26-22-7-5-6-16(2)17(22)3)14-19(23)15-29-21-11-9-20(25)10-12-21/h5-14H,4,15H2,1-3H3,(H,26,27). The average Bonchev–Trinajstić information content (AvgIpc) is 2.72. The summed E-state index contributed by atoms with van der Waals surface area (Å²) in [6.07, 6.45) is 0. The SMILES string of the molecule is CCOc1ccc(C(=O)Nc2cccc(C)c2C)cc1COc1ccc(Cl)cc1. The molecule has 0 aliphatic heterocycles. The normalized spacial score (nSPS) is 10.5. The Kier molecular flexibility index (Phi) is 6.78. The van der Waals surface area contributed by atoms with Crippen LogP contribution in [0.3, 0.4) is 0 Å². The van der Waals surface area contributed by atoms with Crippen LogP contribution in [0.5, 0.6) is 11.5 Å². The zero-order chi connectivity index (χ0) is 20.8. The van der Waals surface area contributed by atoms with E-state index in [1.807, 2.05) is 45.0 Å². The van der Waals surface area contributed by atoms with Crippen molar-refractivity contribution in [2.75, 3.05) is 11.9 Å². The third kappa shape index (κ3) is 5.30. The lowest BCUT2D eigenvalue weighted by Crippen LogP contribution is -2.14. The van der Waals surface area contributed by atoms with Crippen LogP contribution in [0, 0.1) is 13.8 Å². The Balaban J connectivity index is 1.80. The van der Waals surface area contributed by atoms with Crippen molar-refractivity contribution >= 4 is 23.2 Å². The smallest absolute Gasteiger partial charge is 0.255 e. The van der Waals surface area contributed by atoms with E-state index in [-0.39, 0.29) is 12.5 Å². The predicted octanol–water partition coefficient (Wildman–Crippen LogP) is 6.19. The fourth-order valence-corrected chi connectivity index (χ4v) is 3.03. The molecule has 29 heavy (non-hydrogen) atoms.